The second kappa shape index (κ2) is 7.72. The number of imidazole rings is 1. The van der Waals surface area contributed by atoms with Crippen LogP contribution in [0.4, 0.5) is 0 Å². The number of aliphatic hydroxyl groups is 1. The standard InChI is InChI=1S/C20H20N4O2/c1-24(12-14-6-5-7-15(10-14)26-2)13-19(25)16(11-21)20-22-17-8-3-4-9-18(17)23-20/h3-10,25H,12-13H2,1-2H3,(H,22,23)/b19-16-. The van der Waals surface area contributed by atoms with Gasteiger partial charge in [0, 0.05) is 6.54 Å². The van der Waals surface area contributed by atoms with Crippen molar-refractivity contribution < 1.29 is 9.84 Å². The highest BCUT2D eigenvalue weighted by molar-refractivity contribution is 5.82. The van der Waals surface area contributed by atoms with Gasteiger partial charge in [-0.2, -0.15) is 5.26 Å². The number of fused-ring (bicyclic) bond motifs is 1. The van der Waals surface area contributed by atoms with Gasteiger partial charge in [-0.25, -0.2) is 4.98 Å². The summed E-state index contributed by atoms with van der Waals surface area (Å²) in [5.41, 5.74) is 2.79. The third-order valence-electron chi connectivity index (χ3n) is 4.03. The Kier molecular flexibility index (Phi) is 5.20. The second-order valence-electron chi connectivity index (χ2n) is 6.06. The Morgan fingerprint density at radius 2 is 2.08 bits per heavy atom. The lowest BCUT2D eigenvalue weighted by Gasteiger charge is -2.17. The molecule has 2 N–H and O–H groups in total. The Labute approximate surface area is 152 Å². The Morgan fingerprint density at radius 1 is 1.27 bits per heavy atom. The van der Waals surface area contributed by atoms with Crippen LogP contribution in [0.5, 0.6) is 5.75 Å². The molecule has 0 fully saturated rings. The second-order valence-corrected chi connectivity index (χ2v) is 6.06. The number of allylic oxidation sites excluding steroid dienone is 1. The maximum atomic E-state index is 10.5. The van der Waals surface area contributed by atoms with Crippen LogP contribution in [0.1, 0.15) is 11.4 Å². The summed E-state index contributed by atoms with van der Waals surface area (Å²) >= 11 is 0. The normalized spacial score (nSPS) is 12.1. The molecule has 0 bridgehead atoms. The fourth-order valence-corrected chi connectivity index (χ4v) is 2.80. The number of aliphatic hydroxyl groups excluding tert-OH is 1. The number of nitrogens with one attached hydrogen (secondary N) is 1. The van der Waals surface area contributed by atoms with Crippen molar-refractivity contribution in [1.29, 1.82) is 5.26 Å². The van der Waals surface area contributed by atoms with Crippen molar-refractivity contribution in [2.45, 2.75) is 6.54 Å². The number of hydrogen-bond acceptors (Lipinski definition) is 5. The monoisotopic (exact) mass is 348 g/mol. The zero-order valence-electron chi connectivity index (χ0n) is 14.7. The van der Waals surface area contributed by atoms with E-state index in [0.717, 1.165) is 22.3 Å². The minimum absolute atomic E-state index is 0.0167. The number of aromatic nitrogens is 2. The van der Waals surface area contributed by atoms with Gasteiger partial charge in [0.1, 0.15) is 23.2 Å². The smallest absolute Gasteiger partial charge is 0.152 e. The summed E-state index contributed by atoms with van der Waals surface area (Å²) in [6.45, 7) is 0.844. The number of hydrogen-bond donors (Lipinski definition) is 2. The van der Waals surface area contributed by atoms with Crippen LogP contribution in [-0.2, 0) is 6.54 Å². The number of aromatic amines is 1. The summed E-state index contributed by atoms with van der Waals surface area (Å²) in [6.07, 6.45) is 0. The van der Waals surface area contributed by atoms with Crippen molar-refractivity contribution in [3.8, 4) is 11.8 Å². The Morgan fingerprint density at radius 3 is 2.81 bits per heavy atom. The van der Waals surface area contributed by atoms with Crippen molar-refractivity contribution in [3.05, 3.63) is 65.7 Å². The van der Waals surface area contributed by atoms with Gasteiger partial charge in [0.25, 0.3) is 0 Å². The molecule has 0 aliphatic rings. The lowest BCUT2D eigenvalue weighted by Crippen LogP contribution is -2.21. The predicted octanol–water partition coefficient (Wildman–Crippen LogP) is 3.50. The zero-order chi connectivity index (χ0) is 18.5. The van der Waals surface area contributed by atoms with Gasteiger partial charge in [-0.3, -0.25) is 4.90 Å². The first kappa shape index (κ1) is 17.5. The van der Waals surface area contributed by atoms with Gasteiger partial charge in [-0.05, 0) is 36.9 Å². The van der Waals surface area contributed by atoms with Gasteiger partial charge < -0.3 is 14.8 Å². The van der Waals surface area contributed by atoms with Crippen molar-refractivity contribution in [2.24, 2.45) is 0 Å². The minimum atomic E-state index is -0.0167. The molecule has 6 heteroatoms. The minimum Gasteiger partial charge on any atom is -0.509 e. The molecular weight excluding hydrogens is 328 g/mol. The summed E-state index contributed by atoms with van der Waals surface area (Å²) in [7, 11) is 3.51. The molecule has 132 valence electrons. The third-order valence-corrected chi connectivity index (χ3v) is 4.03. The van der Waals surface area contributed by atoms with E-state index in [1.165, 1.54) is 0 Å². The van der Waals surface area contributed by atoms with Gasteiger partial charge in [0.15, 0.2) is 5.82 Å². The highest BCUT2D eigenvalue weighted by Gasteiger charge is 2.15. The molecule has 0 unspecified atom stereocenters. The molecule has 3 aromatic rings. The average Bonchev–Trinajstić information content (AvgIpc) is 3.05. The quantitative estimate of drug-likeness (QED) is 0.526. The number of nitriles is 1. The Balaban J connectivity index is 1.78. The number of nitrogens with zero attached hydrogens (tertiary/aromatic N) is 3. The molecule has 0 amide bonds. The van der Waals surface area contributed by atoms with Gasteiger partial charge in [-0.15, -0.1) is 0 Å². The maximum absolute atomic E-state index is 10.5. The molecular formula is C20H20N4O2. The van der Waals surface area contributed by atoms with Gasteiger partial charge in [0.05, 0.1) is 24.7 Å². The molecule has 0 atom stereocenters. The first-order valence-electron chi connectivity index (χ1n) is 8.19. The SMILES string of the molecule is COc1cccc(CN(C)C/C(O)=C(\C#N)c2nc3ccccc3[nH]2)c1. The van der Waals surface area contributed by atoms with Gasteiger partial charge in [0.2, 0.25) is 0 Å². The zero-order valence-corrected chi connectivity index (χ0v) is 14.7. The van der Waals surface area contributed by atoms with E-state index in [-0.39, 0.29) is 17.9 Å². The van der Waals surface area contributed by atoms with Crippen LogP contribution in [0, 0.1) is 11.3 Å². The van der Waals surface area contributed by atoms with E-state index in [2.05, 4.69) is 16.0 Å². The van der Waals surface area contributed by atoms with Gasteiger partial charge >= 0.3 is 0 Å². The predicted molar refractivity (Wildman–Crippen MR) is 101 cm³/mol. The summed E-state index contributed by atoms with van der Waals surface area (Å²) in [4.78, 5) is 9.39. The first-order chi connectivity index (χ1) is 12.6. The number of likely N-dealkylation sites (N-methyl/N-ethyl adjacent to an activating group) is 1. The molecule has 3 rings (SSSR count). The molecule has 0 spiro atoms. The molecule has 26 heavy (non-hydrogen) atoms. The van der Waals surface area contributed by atoms with E-state index < -0.39 is 0 Å². The summed E-state index contributed by atoms with van der Waals surface area (Å²) in [5.74, 6) is 1.15. The average molecular weight is 348 g/mol. The van der Waals surface area contributed by atoms with Crippen molar-refractivity contribution in [2.75, 3.05) is 20.7 Å². The van der Waals surface area contributed by atoms with Crippen LogP contribution >= 0.6 is 0 Å². The highest BCUT2D eigenvalue weighted by atomic mass is 16.5. The molecule has 0 saturated carbocycles. The topological polar surface area (TPSA) is 85.2 Å². The Bertz CT molecular complexity index is 952. The van der Waals surface area contributed by atoms with Crippen LogP contribution in [0.15, 0.2) is 54.3 Å². The van der Waals surface area contributed by atoms with Gasteiger partial charge in [-0.1, -0.05) is 24.3 Å². The number of ether oxygens (including phenoxy) is 1. The number of methoxy groups -OCH3 is 1. The number of rotatable bonds is 6. The fraction of sp³-hybridized carbons (Fsp3) is 0.200. The number of H-pyrrole nitrogens is 1. The lowest BCUT2D eigenvalue weighted by atomic mass is 10.2. The third kappa shape index (κ3) is 3.85. The molecule has 0 aliphatic heterocycles. The number of benzene rings is 2. The maximum Gasteiger partial charge on any atom is 0.152 e. The molecule has 0 aliphatic carbocycles. The largest absolute Gasteiger partial charge is 0.509 e. The molecule has 1 aromatic heterocycles. The van der Waals surface area contributed by atoms with E-state index in [1.807, 2.05) is 60.5 Å². The van der Waals surface area contributed by atoms with E-state index in [9.17, 15) is 10.4 Å². The van der Waals surface area contributed by atoms with E-state index in [1.54, 1.807) is 7.11 Å². The number of para-hydroxylation sites is 2. The van der Waals surface area contributed by atoms with E-state index in [0.29, 0.717) is 12.4 Å². The molecule has 0 radical (unpaired) electrons. The summed E-state index contributed by atoms with van der Waals surface area (Å²) in [6, 6.07) is 17.3. The van der Waals surface area contributed by atoms with Crippen molar-refractivity contribution in [1.82, 2.24) is 14.9 Å². The molecule has 0 saturated heterocycles. The van der Waals surface area contributed by atoms with Crippen LogP contribution in [0.2, 0.25) is 0 Å². The first-order valence-corrected chi connectivity index (χ1v) is 8.19. The highest BCUT2D eigenvalue weighted by Crippen LogP contribution is 2.20. The van der Waals surface area contributed by atoms with Crippen molar-refractivity contribution >= 4 is 16.6 Å². The van der Waals surface area contributed by atoms with Crippen LogP contribution in [0.3, 0.4) is 0 Å². The fourth-order valence-electron chi connectivity index (χ4n) is 2.80. The molecule has 2 aromatic carbocycles. The molecule has 1 heterocycles. The van der Waals surface area contributed by atoms with E-state index >= 15 is 0 Å². The van der Waals surface area contributed by atoms with Crippen LogP contribution < -0.4 is 4.74 Å². The van der Waals surface area contributed by atoms with Crippen LogP contribution in [-0.4, -0.2) is 40.7 Å². The van der Waals surface area contributed by atoms with Crippen LogP contribution in [0.25, 0.3) is 16.6 Å². The Hall–Kier alpha value is -3.30. The van der Waals surface area contributed by atoms with E-state index in [4.69, 9.17) is 4.74 Å². The summed E-state index contributed by atoms with van der Waals surface area (Å²) in [5, 5.41) is 20.0. The summed E-state index contributed by atoms with van der Waals surface area (Å²) < 4.78 is 5.23. The van der Waals surface area contributed by atoms with Crippen molar-refractivity contribution in [3.63, 3.8) is 0 Å². The lowest BCUT2D eigenvalue weighted by molar-refractivity contribution is 0.285. The molecule has 6 nitrogen and oxygen atoms in total.